The molecule has 0 fully saturated rings. The Morgan fingerprint density at radius 1 is 1.07 bits per heavy atom. The van der Waals surface area contributed by atoms with Gasteiger partial charge in [0.1, 0.15) is 11.9 Å². The number of furan rings is 1. The monoisotopic (exact) mass is 384 g/mol. The van der Waals surface area contributed by atoms with E-state index in [4.69, 9.17) is 4.42 Å². The molecule has 140 valence electrons. The molecule has 1 unspecified atom stereocenters. The second-order valence-corrected chi connectivity index (χ2v) is 7.33. The van der Waals surface area contributed by atoms with Gasteiger partial charge in [-0.25, -0.2) is 0 Å². The van der Waals surface area contributed by atoms with Crippen molar-refractivity contribution in [2.75, 3.05) is 5.32 Å². The van der Waals surface area contributed by atoms with Crippen LogP contribution in [0.2, 0.25) is 0 Å². The highest BCUT2D eigenvalue weighted by atomic mass is 32.1. The first-order chi connectivity index (χ1) is 13.0. The van der Waals surface area contributed by atoms with Crippen molar-refractivity contribution >= 4 is 28.8 Å². The van der Waals surface area contributed by atoms with Crippen LogP contribution in [0, 0.1) is 13.8 Å². The van der Waals surface area contributed by atoms with Gasteiger partial charge >= 0.3 is 11.8 Å². The smallest absolute Gasteiger partial charge is 0.313 e. The Balaban J connectivity index is 1.57. The number of aliphatic hydroxyl groups is 1. The zero-order valence-electron chi connectivity index (χ0n) is 15.0. The van der Waals surface area contributed by atoms with Crippen LogP contribution in [0.1, 0.15) is 32.7 Å². The van der Waals surface area contributed by atoms with Gasteiger partial charge in [0, 0.05) is 15.4 Å². The summed E-state index contributed by atoms with van der Waals surface area (Å²) in [6.07, 6.45) is 0.656. The first-order valence-corrected chi connectivity index (χ1v) is 9.23. The number of hydrogen-bond donors (Lipinski definition) is 3. The van der Waals surface area contributed by atoms with Gasteiger partial charge < -0.3 is 20.2 Å². The van der Waals surface area contributed by atoms with Crippen molar-refractivity contribution in [1.29, 1.82) is 0 Å². The van der Waals surface area contributed by atoms with E-state index in [9.17, 15) is 14.7 Å². The fourth-order valence-corrected chi connectivity index (χ4v) is 3.60. The number of nitrogens with one attached hydrogen (secondary N) is 2. The number of anilines is 1. The molecule has 0 saturated carbocycles. The highest BCUT2D eigenvalue weighted by Gasteiger charge is 2.18. The van der Waals surface area contributed by atoms with Gasteiger partial charge in [0.25, 0.3) is 0 Å². The van der Waals surface area contributed by atoms with Gasteiger partial charge in [-0.3, -0.25) is 9.59 Å². The SMILES string of the molecule is Cc1cccc(C)c1NC(=O)C(=O)NCc1ccc(C(O)c2ccco2)s1. The molecule has 1 atom stereocenters. The standard InChI is InChI=1S/C20H20N2O4S/c1-12-5-3-6-13(2)17(12)22-20(25)19(24)21-11-14-8-9-16(27-14)18(23)15-7-4-10-26-15/h3-10,18,23H,11H2,1-2H3,(H,21,24)(H,22,25). The molecular formula is C20H20N2O4S. The Labute approximate surface area is 160 Å². The van der Waals surface area contributed by atoms with Gasteiger partial charge in [0.2, 0.25) is 0 Å². The molecule has 0 bridgehead atoms. The van der Waals surface area contributed by atoms with Crippen molar-refractivity contribution in [3.63, 3.8) is 0 Å². The van der Waals surface area contributed by atoms with E-state index in [2.05, 4.69) is 10.6 Å². The maximum atomic E-state index is 12.1. The molecule has 0 aliphatic carbocycles. The van der Waals surface area contributed by atoms with Gasteiger partial charge in [-0.1, -0.05) is 18.2 Å². The molecule has 0 saturated heterocycles. The number of aliphatic hydroxyl groups excluding tert-OH is 1. The van der Waals surface area contributed by atoms with Crippen molar-refractivity contribution in [2.45, 2.75) is 26.5 Å². The first kappa shape index (κ1) is 18.9. The van der Waals surface area contributed by atoms with E-state index in [-0.39, 0.29) is 6.54 Å². The highest BCUT2D eigenvalue weighted by molar-refractivity contribution is 7.12. The Morgan fingerprint density at radius 2 is 1.81 bits per heavy atom. The third-order valence-electron chi connectivity index (χ3n) is 4.11. The lowest BCUT2D eigenvalue weighted by Gasteiger charge is -2.11. The molecule has 1 aromatic carbocycles. The molecule has 0 radical (unpaired) electrons. The van der Waals surface area contributed by atoms with Crippen molar-refractivity contribution in [2.24, 2.45) is 0 Å². The molecule has 2 heterocycles. The molecule has 3 aromatic rings. The summed E-state index contributed by atoms with van der Waals surface area (Å²) in [7, 11) is 0. The summed E-state index contributed by atoms with van der Waals surface area (Å²) in [5.41, 5.74) is 2.44. The van der Waals surface area contributed by atoms with Crippen LogP contribution in [0.25, 0.3) is 0 Å². The van der Waals surface area contributed by atoms with Crippen molar-refractivity contribution in [3.8, 4) is 0 Å². The van der Waals surface area contributed by atoms with E-state index in [0.717, 1.165) is 16.0 Å². The summed E-state index contributed by atoms with van der Waals surface area (Å²) in [5, 5.41) is 15.5. The van der Waals surface area contributed by atoms with Crippen LogP contribution in [-0.2, 0) is 16.1 Å². The van der Waals surface area contributed by atoms with E-state index in [0.29, 0.717) is 16.3 Å². The number of carbonyl (C=O) groups is 2. The number of rotatable bonds is 5. The van der Waals surface area contributed by atoms with Gasteiger partial charge in [-0.2, -0.15) is 0 Å². The summed E-state index contributed by atoms with van der Waals surface area (Å²) >= 11 is 1.35. The fraction of sp³-hybridized carbons (Fsp3) is 0.200. The number of benzene rings is 1. The quantitative estimate of drug-likeness (QED) is 0.589. The number of amides is 2. The molecule has 0 aliphatic heterocycles. The lowest BCUT2D eigenvalue weighted by atomic mass is 10.1. The number of aryl methyl sites for hydroxylation is 2. The third kappa shape index (κ3) is 4.45. The Hall–Kier alpha value is -2.90. The van der Waals surface area contributed by atoms with Crippen LogP contribution in [0.4, 0.5) is 5.69 Å². The minimum atomic E-state index is -0.846. The van der Waals surface area contributed by atoms with Crippen LogP contribution in [0.5, 0.6) is 0 Å². The summed E-state index contributed by atoms with van der Waals surface area (Å²) in [5.74, 6) is -0.959. The summed E-state index contributed by atoms with van der Waals surface area (Å²) < 4.78 is 5.20. The lowest BCUT2D eigenvalue weighted by molar-refractivity contribution is -0.136. The van der Waals surface area contributed by atoms with Crippen LogP contribution in [-0.4, -0.2) is 16.9 Å². The minimum Gasteiger partial charge on any atom is -0.466 e. The normalized spacial score (nSPS) is 11.8. The molecule has 3 rings (SSSR count). The second-order valence-electron chi connectivity index (χ2n) is 6.13. The maximum absolute atomic E-state index is 12.1. The Morgan fingerprint density at radius 3 is 2.48 bits per heavy atom. The number of hydrogen-bond acceptors (Lipinski definition) is 5. The van der Waals surface area contributed by atoms with Crippen LogP contribution < -0.4 is 10.6 Å². The van der Waals surface area contributed by atoms with E-state index >= 15 is 0 Å². The van der Waals surface area contributed by atoms with E-state index in [1.165, 1.54) is 17.6 Å². The van der Waals surface area contributed by atoms with Crippen LogP contribution in [0.3, 0.4) is 0 Å². The number of carbonyl (C=O) groups excluding carboxylic acids is 2. The summed E-state index contributed by atoms with van der Waals surface area (Å²) in [6, 6.07) is 12.6. The van der Waals surface area contributed by atoms with Crippen molar-refractivity contribution in [3.05, 3.63) is 75.4 Å². The van der Waals surface area contributed by atoms with Gasteiger partial charge in [-0.15, -0.1) is 11.3 Å². The molecule has 3 N–H and O–H groups in total. The van der Waals surface area contributed by atoms with Crippen LogP contribution >= 0.6 is 11.3 Å². The largest absolute Gasteiger partial charge is 0.466 e. The Kier molecular flexibility index (Phi) is 5.73. The summed E-state index contributed by atoms with van der Waals surface area (Å²) in [4.78, 5) is 25.7. The van der Waals surface area contributed by atoms with Crippen molar-refractivity contribution < 1.29 is 19.1 Å². The number of thiophene rings is 1. The van der Waals surface area contributed by atoms with Crippen LogP contribution in [0.15, 0.2) is 53.1 Å². The molecule has 7 heteroatoms. The van der Waals surface area contributed by atoms with Gasteiger partial charge in [0.05, 0.1) is 12.8 Å². The van der Waals surface area contributed by atoms with Gasteiger partial charge in [0.15, 0.2) is 0 Å². The molecule has 0 aliphatic rings. The minimum absolute atomic E-state index is 0.203. The van der Waals surface area contributed by atoms with E-state index in [1.807, 2.05) is 32.0 Å². The molecule has 2 aromatic heterocycles. The molecular weight excluding hydrogens is 364 g/mol. The third-order valence-corrected chi connectivity index (χ3v) is 5.25. The number of para-hydroxylation sites is 1. The lowest BCUT2D eigenvalue weighted by Crippen LogP contribution is -2.35. The van der Waals surface area contributed by atoms with E-state index < -0.39 is 17.9 Å². The molecule has 27 heavy (non-hydrogen) atoms. The zero-order valence-corrected chi connectivity index (χ0v) is 15.8. The second kappa shape index (κ2) is 8.20. The molecule has 6 nitrogen and oxygen atoms in total. The first-order valence-electron chi connectivity index (χ1n) is 8.41. The summed E-state index contributed by atoms with van der Waals surface area (Å²) in [6.45, 7) is 3.95. The fourth-order valence-electron chi connectivity index (χ4n) is 2.65. The maximum Gasteiger partial charge on any atom is 0.313 e. The zero-order chi connectivity index (χ0) is 19.4. The highest BCUT2D eigenvalue weighted by Crippen LogP contribution is 2.28. The van der Waals surface area contributed by atoms with Crippen molar-refractivity contribution in [1.82, 2.24) is 5.32 Å². The predicted molar refractivity (Wildman–Crippen MR) is 103 cm³/mol. The van der Waals surface area contributed by atoms with E-state index in [1.54, 1.807) is 24.3 Å². The topological polar surface area (TPSA) is 91.6 Å². The molecule has 2 amide bonds. The van der Waals surface area contributed by atoms with Gasteiger partial charge in [-0.05, 0) is 49.2 Å². The molecule has 0 spiro atoms. The average Bonchev–Trinajstić information content (AvgIpc) is 3.34. The Bertz CT molecular complexity index is 927. The predicted octanol–water partition coefficient (Wildman–Crippen LogP) is 3.29. The average molecular weight is 384 g/mol.